The summed E-state index contributed by atoms with van der Waals surface area (Å²) in [5, 5.41) is 2.67. The van der Waals surface area contributed by atoms with Crippen molar-refractivity contribution in [3.63, 3.8) is 0 Å². The topological polar surface area (TPSA) is 72.2 Å². The maximum atomic E-state index is 12.1. The van der Waals surface area contributed by atoms with Gasteiger partial charge in [-0.3, -0.25) is 9.59 Å². The highest BCUT2D eigenvalue weighted by Gasteiger charge is 2.23. The van der Waals surface area contributed by atoms with Gasteiger partial charge >= 0.3 is 0 Å². The predicted molar refractivity (Wildman–Crippen MR) is 74.2 cm³/mol. The van der Waals surface area contributed by atoms with Crippen molar-refractivity contribution in [1.82, 2.24) is 5.32 Å². The van der Waals surface area contributed by atoms with Crippen molar-refractivity contribution in [3.8, 4) is 0 Å². The van der Waals surface area contributed by atoms with Gasteiger partial charge in [0.25, 0.3) is 5.91 Å². The van der Waals surface area contributed by atoms with Crippen molar-refractivity contribution in [1.29, 1.82) is 0 Å². The largest absolute Gasteiger partial charge is 0.368 e. The molecule has 1 rings (SSSR count). The summed E-state index contributed by atoms with van der Waals surface area (Å²) in [6.07, 6.45) is 0. The fourth-order valence-corrected chi connectivity index (χ4v) is 2.00. The molecule has 5 heteroatoms. The van der Waals surface area contributed by atoms with Crippen LogP contribution in [0.1, 0.15) is 29.8 Å². The molecular weight excluding hydrogens is 296 g/mol. The number of nitrogens with two attached hydrogens (primary N) is 1. The second kappa shape index (κ2) is 6.00. The lowest BCUT2D eigenvalue weighted by Crippen LogP contribution is -2.47. The number of amides is 2. The summed E-state index contributed by atoms with van der Waals surface area (Å²) in [6, 6.07) is 4.70. The van der Waals surface area contributed by atoms with E-state index in [-0.39, 0.29) is 11.8 Å². The van der Waals surface area contributed by atoms with Crippen molar-refractivity contribution in [2.75, 3.05) is 0 Å². The maximum Gasteiger partial charge on any atom is 0.252 e. The number of primary amides is 1. The van der Waals surface area contributed by atoms with Gasteiger partial charge in [0.1, 0.15) is 6.04 Å². The van der Waals surface area contributed by atoms with Gasteiger partial charge in [-0.1, -0.05) is 35.8 Å². The molecule has 0 fully saturated rings. The molecule has 0 saturated carbocycles. The molecule has 0 radical (unpaired) electrons. The summed E-state index contributed by atoms with van der Waals surface area (Å²) in [5.41, 5.74) is 6.64. The number of carbonyl (C=O) groups is 2. The Bertz CT molecular complexity index is 472. The molecule has 4 nitrogen and oxygen atoms in total. The van der Waals surface area contributed by atoms with Crippen LogP contribution in [-0.2, 0) is 4.79 Å². The van der Waals surface area contributed by atoms with Gasteiger partial charge in [-0.05, 0) is 30.5 Å². The zero-order valence-corrected chi connectivity index (χ0v) is 12.2. The summed E-state index contributed by atoms with van der Waals surface area (Å²) in [5.74, 6) is -0.851. The number of benzene rings is 1. The molecule has 18 heavy (non-hydrogen) atoms. The molecule has 1 aromatic carbocycles. The fourth-order valence-electron chi connectivity index (χ4n) is 1.64. The average Bonchev–Trinajstić information content (AvgIpc) is 2.28. The molecule has 98 valence electrons. The van der Waals surface area contributed by atoms with E-state index in [1.165, 1.54) is 0 Å². The molecular formula is C13H17BrN2O2. The molecule has 0 aromatic heterocycles. The second-order valence-electron chi connectivity index (χ2n) is 4.51. The minimum atomic E-state index is -0.657. The Morgan fingerprint density at radius 2 is 1.94 bits per heavy atom. The van der Waals surface area contributed by atoms with Crippen molar-refractivity contribution < 1.29 is 9.59 Å². The lowest BCUT2D eigenvalue weighted by atomic mass is 10.0. The van der Waals surface area contributed by atoms with Gasteiger partial charge in [0.05, 0.1) is 0 Å². The smallest absolute Gasteiger partial charge is 0.252 e. The molecule has 1 unspecified atom stereocenters. The number of halogens is 1. The van der Waals surface area contributed by atoms with Gasteiger partial charge in [0.15, 0.2) is 0 Å². The number of nitrogens with one attached hydrogen (secondary N) is 1. The average molecular weight is 313 g/mol. The fraction of sp³-hybridized carbons (Fsp3) is 0.385. The highest BCUT2D eigenvalue weighted by Crippen LogP contribution is 2.19. The lowest BCUT2D eigenvalue weighted by molar-refractivity contribution is -0.120. The van der Waals surface area contributed by atoms with Gasteiger partial charge in [-0.15, -0.1) is 0 Å². The Balaban J connectivity index is 2.94. The third-order valence-corrected chi connectivity index (χ3v) is 3.63. The zero-order chi connectivity index (χ0) is 13.9. The molecule has 0 heterocycles. The standard InChI is InChI=1S/C13H17BrN2O2/c1-7(2)11(12(15)17)16-13(18)9-5-4-6-10(14)8(9)3/h4-7,11H,1-3H3,(H2,15,17)(H,16,18). The van der Waals surface area contributed by atoms with E-state index in [9.17, 15) is 9.59 Å². The molecule has 0 aliphatic rings. The quantitative estimate of drug-likeness (QED) is 0.892. The molecule has 0 saturated heterocycles. The van der Waals surface area contributed by atoms with Crippen LogP contribution in [0.3, 0.4) is 0 Å². The minimum Gasteiger partial charge on any atom is -0.368 e. The van der Waals surface area contributed by atoms with Gasteiger partial charge in [0, 0.05) is 10.0 Å². The normalized spacial score (nSPS) is 12.3. The van der Waals surface area contributed by atoms with E-state index in [1.54, 1.807) is 12.1 Å². The van der Waals surface area contributed by atoms with Crippen LogP contribution in [0.4, 0.5) is 0 Å². The van der Waals surface area contributed by atoms with Crippen LogP contribution in [0, 0.1) is 12.8 Å². The molecule has 2 amide bonds. The van der Waals surface area contributed by atoms with Crippen LogP contribution < -0.4 is 11.1 Å². The molecule has 0 spiro atoms. The summed E-state index contributed by atoms with van der Waals surface area (Å²) in [7, 11) is 0. The third kappa shape index (κ3) is 3.32. The van der Waals surface area contributed by atoms with Crippen LogP contribution in [0.25, 0.3) is 0 Å². The van der Waals surface area contributed by atoms with E-state index in [0.29, 0.717) is 5.56 Å². The summed E-state index contributed by atoms with van der Waals surface area (Å²) >= 11 is 3.37. The first-order chi connectivity index (χ1) is 8.34. The predicted octanol–water partition coefficient (Wildman–Crippen LogP) is 2.00. The second-order valence-corrected chi connectivity index (χ2v) is 5.36. The van der Waals surface area contributed by atoms with Gasteiger partial charge in [-0.25, -0.2) is 0 Å². The van der Waals surface area contributed by atoms with Crippen molar-refractivity contribution >= 4 is 27.7 Å². The van der Waals surface area contributed by atoms with Gasteiger partial charge in [0.2, 0.25) is 5.91 Å². The molecule has 1 atom stereocenters. The first kappa shape index (κ1) is 14.7. The van der Waals surface area contributed by atoms with Crippen molar-refractivity contribution in [2.24, 2.45) is 11.7 Å². The van der Waals surface area contributed by atoms with Gasteiger partial charge in [-0.2, -0.15) is 0 Å². The van der Waals surface area contributed by atoms with Crippen LogP contribution >= 0.6 is 15.9 Å². The Kier molecular flexibility index (Phi) is 4.90. The summed E-state index contributed by atoms with van der Waals surface area (Å²) < 4.78 is 0.857. The van der Waals surface area contributed by atoms with E-state index >= 15 is 0 Å². The van der Waals surface area contributed by atoms with E-state index in [0.717, 1.165) is 10.0 Å². The first-order valence-electron chi connectivity index (χ1n) is 5.70. The molecule has 3 N–H and O–H groups in total. The summed E-state index contributed by atoms with van der Waals surface area (Å²) in [4.78, 5) is 23.4. The van der Waals surface area contributed by atoms with Crippen molar-refractivity contribution in [2.45, 2.75) is 26.8 Å². The maximum absolute atomic E-state index is 12.1. The molecule has 0 aliphatic heterocycles. The molecule has 0 aliphatic carbocycles. The van der Waals surface area contributed by atoms with E-state index in [4.69, 9.17) is 5.73 Å². The van der Waals surface area contributed by atoms with Crippen LogP contribution in [0.2, 0.25) is 0 Å². The highest BCUT2D eigenvalue weighted by atomic mass is 79.9. The van der Waals surface area contributed by atoms with E-state index in [2.05, 4.69) is 21.2 Å². The van der Waals surface area contributed by atoms with E-state index < -0.39 is 11.9 Å². The first-order valence-corrected chi connectivity index (χ1v) is 6.49. The summed E-state index contributed by atoms with van der Waals surface area (Å²) in [6.45, 7) is 5.51. The highest BCUT2D eigenvalue weighted by molar-refractivity contribution is 9.10. The van der Waals surface area contributed by atoms with E-state index in [1.807, 2.05) is 26.8 Å². The van der Waals surface area contributed by atoms with Crippen LogP contribution in [-0.4, -0.2) is 17.9 Å². The number of rotatable bonds is 4. The van der Waals surface area contributed by atoms with Gasteiger partial charge < -0.3 is 11.1 Å². The Labute approximate surface area is 115 Å². The number of hydrogen-bond acceptors (Lipinski definition) is 2. The Morgan fingerprint density at radius 3 is 2.44 bits per heavy atom. The third-order valence-electron chi connectivity index (χ3n) is 2.77. The lowest BCUT2D eigenvalue weighted by Gasteiger charge is -2.19. The molecule has 0 bridgehead atoms. The van der Waals surface area contributed by atoms with Crippen LogP contribution in [0.15, 0.2) is 22.7 Å². The van der Waals surface area contributed by atoms with Crippen LogP contribution in [0.5, 0.6) is 0 Å². The SMILES string of the molecule is Cc1c(Br)cccc1C(=O)NC(C(N)=O)C(C)C. The monoisotopic (exact) mass is 312 g/mol. The Morgan fingerprint density at radius 1 is 1.33 bits per heavy atom. The number of hydrogen-bond donors (Lipinski definition) is 2. The van der Waals surface area contributed by atoms with Crippen molar-refractivity contribution in [3.05, 3.63) is 33.8 Å². The molecule has 1 aromatic rings. The Hall–Kier alpha value is -1.36. The number of carbonyl (C=O) groups excluding carboxylic acids is 2. The zero-order valence-electron chi connectivity index (χ0n) is 10.7. The minimum absolute atomic E-state index is 0.0427.